The third-order valence-electron chi connectivity index (χ3n) is 1.10. The number of nitrogens with one attached hydrogen (secondary N) is 1. The Morgan fingerprint density at radius 3 is 2.73 bits per heavy atom. The number of rotatable bonds is 3. The molecule has 0 aliphatic rings. The maximum atomic E-state index is 5.20. The third-order valence-corrected chi connectivity index (χ3v) is 1.10. The predicted octanol–water partition coefficient (Wildman–Crippen LogP) is 0.720. The summed E-state index contributed by atoms with van der Waals surface area (Å²) in [5.74, 6) is 0.545. The Balaban J connectivity index is 2.39. The van der Waals surface area contributed by atoms with E-state index in [1.807, 2.05) is 0 Å². The molecule has 0 aromatic carbocycles. The molecule has 3 N–H and O–H groups in total. The van der Waals surface area contributed by atoms with Gasteiger partial charge in [0.1, 0.15) is 0 Å². The molecule has 0 aliphatic heterocycles. The molecule has 0 amide bonds. The fraction of sp³-hybridized carbons (Fsp3) is 0.667. The first-order valence-electron chi connectivity index (χ1n) is 3.51. The molecule has 0 saturated carbocycles. The molecule has 0 aliphatic carbocycles. The summed E-state index contributed by atoms with van der Waals surface area (Å²) in [7, 11) is 0. The van der Waals surface area contributed by atoms with E-state index in [-0.39, 0.29) is 6.01 Å². The third kappa shape index (κ3) is 2.45. The van der Waals surface area contributed by atoms with Crippen molar-refractivity contribution in [1.82, 2.24) is 10.2 Å². The van der Waals surface area contributed by atoms with Crippen LogP contribution in [0.15, 0.2) is 4.42 Å². The lowest BCUT2D eigenvalue weighted by Gasteiger charge is -2.02. The molecule has 1 rings (SSSR count). The van der Waals surface area contributed by atoms with Crippen LogP contribution in [0.2, 0.25) is 0 Å². The van der Waals surface area contributed by atoms with Gasteiger partial charge >= 0.3 is 12.0 Å². The van der Waals surface area contributed by atoms with Gasteiger partial charge in [-0.15, -0.1) is 0 Å². The summed E-state index contributed by atoms with van der Waals surface area (Å²) in [5.41, 5.74) is 5.20. The van der Waals surface area contributed by atoms with Gasteiger partial charge in [0.25, 0.3) is 0 Å². The maximum absolute atomic E-state index is 5.20. The number of hydrogen-bond donors (Lipinski definition) is 2. The molecular weight excluding hydrogens is 144 g/mol. The van der Waals surface area contributed by atoms with Gasteiger partial charge in [0, 0.05) is 6.54 Å². The molecule has 5 heteroatoms. The van der Waals surface area contributed by atoms with Crippen LogP contribution in [0.1, 0.15) is 13.8 Å². The van der Waals surface area contributed by atoms with E-state index in [1.165, 1.54) is 0 Å². The molecular formula is C6H12N4O. The second-order valence-corrected chi connectivity index (χ2v) is 2.72. The molecule has 5 nitrogen and oxygen atoms in total. The van der Waals surface area contributed by atoms with Crippen molar-refractivity contribution < 1.29 is 4.42 Å². The van der Waals surface area contributed by atoms with Crippen LogP contribution in [0.5, 0.6) is 0 Å². The van der Waals surface area contributed by atoms with Crippen molar-refractivity contribution in [3.63, 3.8) is 0 Å². The summed E-state index contributed by atoms with van der Waals surface area (Å²) in [5, 5.41) is 10.1. The molecule has 11 heavy (non-hydrogen) atoms. The zero-order valence-corrected chi connectivity index (χ0v) is 6.66. The zero-order chi connectivity index (χ0) is 8.27. The van der Waals surface area contributed by atoms with Crippen molar-refractivity contribution in [2.45, 2.75) is 13.8 Å². The molecule has 0 radical (unpaired) electrons. The molecule has 1 aromatic heterocycles. The van der Waals surface area contributed by atoms with Gasteiger partial charge in [-0.25, -0.2) is 0 Å². The van der Waals surface area contributed by atoms with Crippen LogP contribution in [-0.2, 0) is 0 Å². The second kappa shape index (κ2) is 3.23. The quantitative estimate of drug-likeness (QED) is 0.674. The van der Waals surface area contributed by atoms with Crippen LogP contribution in [0, 0.1) is 5.92 Å². The van der Waals surface area contributed by atoms with E-state index < -0.39 is 0 Å². The lowest BCUT2D eigenvalue weighted by atomic mass is 10.2. The maximum Gasteiger partial charge on any atom is 0.316 e. The monoisotopic (exact) mass is 156 g/mol. The summed E-state index contributed by atoms with van der Waals surface area (Å²) in [4.78, 5) is 0. The minimum absolute atomic E-state index is 0.0938. The first kappa shape index (κ1) is 7.84. The average Bonchev–Trinajstić information content (AvgIpc) is 2.31. The molecule has 0 atom stereocenters. The molecule has 0 fully saturated rings. The highest BCUT2D eigenvalue weighted by molar-refractivity contribution is 5.22. The van der Waals surface area contributed by atoms with Crippen LogP contribution in [0.25, 0.3) is 0 Å². The van der Waals surface area contributed by atoms with Gasteiger partial charge in [0.15, 0.2) is 0 Å². The topological polar surface area (TPSA) is 77.0 Å². The first-order chi connectivity index (χ1) is 5.18. The van der Waals surface area contributed by atoms with Gasteiger partial charge in [-0.1, -0.05) is 24.0 Å². The van der Waals surface area contributed by atoms with Crippen LogP contribution in [-0.4, -0.2) is 16.7 Å². The summed E-state index contributed by atoms with van der Waals surface area (Å²) in [6.45, 7) is 4.99. The number of hydrogen-bond acceptors (Lipinski definition) is 5. The number of anilines is 2. The smallest absolute Gasteiger partial charge is 0.316 e. The first-order valence-corrected chi connectivity index (χ1v) is 3.51. The normalized spacial score (nSPS) is 10.5. The average molecular weight is 156 g/mol. The Morgan fingerprint density at radius 2 is 2.27 bits per heavy atom. The minimum atomic E-state index is 0.0938. The summed E-state index contributed by atoms with van der Waals surface area (Å²) >= 11 is 0. The molecule has 0 unspecified atom stereocenters. The number of nitrogen functional groups attached to an aromatic ring is 1. The Hall–Kier alpha value is -1.26. The van der Waals surface area contributed by atoms with Gasteiger partial charge in [0.05, 0.1) is 0 Å². The SMILES string of the molecule is CC(C)CNc1nnc(N)o1. The molecule has 1 aromatic rings. The van der Waals surface area contributed by atoms with Crippen molar-refractivity contribution in [3.8, 4) is 0 Å². The lowest BCUT2D eigenvalue weighted by molar-refractivity contribution is 0.574. The van der Waals surface area contributed by atoms with Crippen molar-refractivity contribution >= 4 is 12.0 Å². The molecule has 62 valence electrons. The summed E-state index contributed by atoms with van der Waals surface area (Å²) < 4.78 is 4.88. The van der Waals surface area contributed by atoms with Crippen LogP contribution in [0.3, 0.4) is 0 Å². The van der Waals surface area contributed by atoms with E-state index in [2.05, 4.69) is 29.4 Å². The van der Waals surface area contributed by atoms with Gasteiger partial charge in [-0.2, -0.15) is 0 Å². The standard InChI is InChI=1S/C6H12N4O/c1-4(2)3-8-6-10-9-5(7)11-6/h4H,3H2,1-2H3,(H2,7,9)(H,8,10). The van der Waals surface area contributed by atoms with E-state index in [4.69, 9.17) is 10.2 Å². The van der Waals surface area contributed by atoms with Crippen LogP contribution < -0.4 is 11.1 Å². The van der Waals surface area contributed by atoms with Gasteiger partial charge in [-0.3, -0.25) is 0 Å². The Labute approximate surface area is 65.0 Å². The highest BCUT2D eigenvalue weighted by atomic mass is 16.4. The minimum Gasteiger partial charge on any atom is -0.390 e. The van der Waals surface area contributed by atoms with Gasteiger partial charge < -0.3 is 15.5 Å². The number of nitrogens with two attached hydrogens (primary N) is 1. The Kier molecular flexibility index (Phi) is 2.30. The molecule has 0 bridgehead atoms. The van der Waals surface area contributed by atoms with Crippen LogP contribution in [0.4, 0.5) is 12.0 Å². The largest absolute Gasteiger partial charge is 0.390 e. The lowest BCUT2D eigenvalue weighted by Crippen LogP contribution is -2.07. The number of aromatic nitrogens is 2. The molecule has 0 saturated heterocycles. The zero-order valence-electron chi connectivity index (χ0n) is 6.66. The fourth-order valence-electron chi connectivity index (χ4n) is 0.597. The fourth-order valence-corrected chi connectivity index (χ4v) is 0.597. The molecule has 1 heterocycles. The highest BCUT2D eigenvalue weighted by Gasteiger charge is 2.01. The van der Waals surface area contributed by atoms with Crippen molar-refractivity contribution in [2.75, 3.05) is 17.6 Å². The Bertz CT molecular complexity index is 220. The summed E-state index contributed by atoms with van der Waals surface area (Å²) in [6, 6.07) is 0.479. The summed E-state index contributed by atoms with van der Waals surface area (Å²) in [6.07, 6.45) is 0. The Morgan fingerprint density at radius 1 is 1.55 bits per heavy atom. The van der Waals surface area contributed by atoms with E-state index in [0.29, 0.717) is 11.9 Å². The van der Waals surface area contributed by atoms with E-state index >= 15 is 0 Å². The van der Waals surface area contributed by atoms with Gasteiger partial charge in [0.2, 0.25) is 0 Å². The van der Waals surface area contributed by atoms with E-state index in [1.54, 1.807) is 0 Å². The highest BCUT2D eigenvalue weighted by Crippen LogP contribution is 2.06. The van der Waals surface area contributed by atoms with E-state index in [0.717, 1.165) is 6.54 Å². The van der Waals surface area contributed by atoms with Crippen molar-refractivity contribution in [1.29, 1.82) is 0 Å². The van der Waals surface area contributed by atoms with Crippen LogP contribution >= 0.6 is 0 Å². The van der Waals surface area contributed by atoms with E-state index in [9.17, 15) is 0 Å². The van der Waals surface area contributed by atoms with Crippen molar-refractivity contribution in [2.24, 2.45) is 5.92 Å². The van der Waals surface area contributed by atoms with Gasteiger partial charge in [-0.05, 0) is 5.92 Å². The second-order valence-electron chi connectivity index (χ2n) is 2.72. The number of nitrogens with zero attached hydrogens (tertiary/aromatic N) is 2. The van der Waals surface area contributed by atoms with Crippen molar-refractivity contribution in [3.05, 3.63) is 0 Å². The molecule has 0 spiro atoms. The predicted molar refractivity (Wildman–Crippen MR) is 42.0 cm³/mol.